The molecule has 0 N–H and O–H groups in total. The highest BCUT2D eigenvalue weighted by Crippen LogP contribution is 2.34. The Bertz CT molecular complexity index is 645. The van der Waals surface area contributed by atoms with Gasteiger partial charge < -0.3 is 4.90 Å². The smallest absolute Gasteiger partial charge is 0.189 e. The van der Waals surface area contributed by atoms with Crippen molar-refractivity contribution >= 4 is 17.6 Å². The molecule has 1 aromatic heterocycles. The average molecular weight is 289 g/mol. The highest BCUT2D eigenvalue weighted by Gasteiger charge is 2.23. The van der Waals surface area contributed by atoms with Crippen LogP contribution in [0.4, 0.5) is 10.2 Å². The Morgan fingerprint density at radius 2 is 2.05 bits per heavy atom. The molecular weight excluding hydrogens is 273 g/mol. The summed E-state index contributed by atoms with van der Waals surface area (Å²) < 4.78 is 14.1. The number of fused-ring (bicyclic) bond motifs is 1. The second-order valence-corrected chi connectivity index (χ2v) is 5.64. The van der Waals surface area contributed by atoms with Crippen molar-refractivity contribution in [1.82, 2.24) is 9.97 Å². The molecule has 0 saturated heterocycles. The van der Waals surface area contributed by atoms with E-state index in [2.05, 4.69) is 14.9 Å². The largest absolute Gasteiger partial charge is 0.359 e. The molecule has 1 aliphatic rings. The van der Waals surface area contributed by atoms with E-state index < -0.39 is 0 Å². The van der Waals surface area contributed by atoms with Gasteiger partial charge in [0.25, 0.3) is 0 Å². The molecule has 0 spiro atoms. The zero-order chi connectivity index (χ0) is 14.1. The lowest BCUT2D eigenvalue weighted by atomic mass is 9.99. The van der Waals surface area contributed by atoms with Gasteiger partial charge in [-0.1, -0.05) is 23.9 Å². The number of aromatic nitrogens is 2. The van der Waals surface area contributed by atoms with Crippen molar-refractivity contribution in [3.05, 3.63) is 35.6 Å². The van der Waals surface area contributed by atoms with Gasteiger partial charge in [-0.25, -0.2) is 14.4 Å². The molecule has 0 unspecified atom stereocenters. The number of benzene rings is 1. The summed E-state index contributed by atoms with van der Waals surface area (Å²) in [6.45, 7) is 0.981. The Labute approximate surface area is 122 Å². The quantitative estimate of drug-likeness (QED) is 0.626. The maximum atomic E-state index is 14.1. The van der Waals surface area contributed by atoms with Crippen LogP contribution < -0.4 is 4.90 Å². The molecule has 0 saturated carbocycles. The van der Waals surface area contributed by atoms with Crippen molar-refractivity contribution in [3.63, 3.8) is 0 Å². The third-order valence-corrected chi connectivity index (χ3v) is 4.11. The highest BCUT2D eigenvalue weighted by atomic mass is 32.2. The van der Waals surface area contributed by atoms with Crippen LogP contribution in [0.2, 0.25) is 0 Å². The molecule has 5 heteroatoms. The summed E-state index contributed by atoms with van der Waals surface area (Å²) in [5.41, 5.74) is 2.36. The van der Waals surface area contributed by atoms with Gasteiger partial charge in [0.1, 0.15) is 11.6 Å². The molecule has 20 heavy (non-hydrogen) atoms. The van der Waals surface area contributed by atoms with Gasteiger partial charge in [-0.2, -0.15) is 0 Å². The SMILES string of the molecule is CSc1nc(-c2ccccc2F)c2c(n1)N(C)CCC2. The first kappa shape index (κ1) is 13.4. The second kappa shape index (κ2) is 5.40. The van der Waals surface area contributed by atoms with E-state index in [4.69, 9.17) is 0 Å². The number of thioether (sulfide) groups is 1. The van der Waals surface area contributed by atoms with Crippen LogP contribution in [0.3, 0.4) is 0 Å². The summed E-state index contributed by atoms with van der Waals surface area (Å²) in [6, 6.07) is 6.82. The van der Waals surface area contributed by atoms with Gasteiger partial charge in [-0.3, -0.25) is 0 Å². The van der Waals surface area contributed by atoms with Gasteiger partial charge in [-0.05, 0) is 31.2 Å². The summed E-state index contributed by atoms with van der Waals surface area (Å²) in [5.74, 6) is 0.711. The zero-order valence-corrected chi connectivity index (χ0v) is 12.4. The van der Waals surface area contributed by atoms with Crippen molar-refractivity contribution in [2.75, 3.05) is 24.7 Å². The number of hydrogen-bond donors (Lipinski definition) is 0. The first-order valence-corrected chi connectivity index (χ1v) is 7.84. The Hall–Kier alpha value is -1.62. The minimum atomic E-state index is -0.228. The van der Waals surface area contributed by atoms with E-state index >= 15 is 0 Å². The Morgan fingerprint density at radius 1 is 1.25 bits per heavy atom. The Morgan fingerprint density at radius 3 is 2.80 bits per heavy atom. The molecule has 0 atom stereocenters. The fourth-order valence-electron chi connectivity index (χ4n) is 2.56. The van der Waals surface area contributed by atoms with E-state index in [1.807, 2.05) is 19.4 Å². The topological polar surface area (TPSA) is 29.0 Å². The van der Waals surface area contributed by atoms with E-state index in [1.54, 1.807) is 12.1 Å². The molecular formula is C15H16FN3S. The van der Waals surface area contributed by atoms with Gasteiger partial charge in [0.2, 0.25) is 0 Å². The molecule has 1 aliphatic heterocycles. The van der Waals surface area contributed by atoms with Crippen LogP contribution >= 0.6 is 11.8 Å². The predicted molar refractivity (Wildman–Crippen MR) is 80.8 cm³/mol. The maximum Gasteiger partial charge on any atom is 0.189 e. The molecule has 0 fully saturated rings. The Balaban J connectivity index is 2.24. The lowest BCUT2D eigenvalue weighted by Gasteiger charge is -2.28. The van der Waals surface area contributed by atoms with Gasteiger partial charge in [0.15, 0.2) is 5.16 Å². The maximum absolute atomic E-state index is 14.1. The normalized spacial score (nSPS) is 14.2. The molecule has 2 heterocycles. The van der Waals surface area contributed by atoms with Crippen LogP contribution in [0.25, 0.3) is 11.3 Å². The minimum Gasteiger partial charge on any atom is -0.359 e. The standard InChI is InChI=1S/C15H16FN3S/c1-19-9-5-7-11-13(10-6-3-4-8-12(10)16)17-15(20-2)18-14(11)19/h3-4,6,8H,5,7,9H2,1-2H3. The Kier molecular flexibility index (Phi) is 3.61. The third kappa shape index (κ3) is 2.26. The van der Waals surface area contributed by atoms with Crippen molar-refractivity contribution < 1.29 is 4.39 Å². The van der Waals surface area contributed by atoms with Gasteiger partial charge in [0, 0.05) is 24.7 Å². The summed E-state index contributed by atoms with van der Waals surface area (Å²) >= 11 is 1.49. The van der Waals surface area contributed by atoms with Crippen LogP contribution in [-0.4, -0.2) is 29.8 Å². The number of nitrogens with zero attached hydrogens (tertiary/aromatic N) is 3. The first-order valence-electron chi connectivity index (χ1n) is 6.61. The van der Waals surface area contributed by atoms with Crippen molar-refractivity contribution in [2.45, 2.75) is 18.0 Å². The summed E-state index contributed by atoms with van der Waals surface area (Å²) in [4.78, 5) is 11.3. The fraction of sp³-hybridized carbons (Fsp3) is 0.333. The summed E-state index contributed by atoms with van der Waals surface area (Å²) in [7, 11) is 2.03. The molecule has 1 aromatic carbocycles. The molecule has 0 amide bonds. The molecule has 0 aliphatic carbocycles. The van der Waals surface area contributed by atoms with Gasteiger partial charge >= 0.3 is 0 Å². The second-order valence-electron chi connectivity index (χ2n) is 4.87. The van der Waals surface area contributed by atoms with Crippen LogP contribution in [0.15, 0.2) is 29.4 Å². The molecule has 0 bridgehead atoms. The molecule has 3 nitrogen and oxygen atoms in total. The van der Waals surface area contributed by atoms with E-state index in [0.717, 1.165) is 36.5 Å². The first-order chi connectivity index (χ1) is 9.70. The third-order valence-electron chi connectivity index (χ3n) is 3.56. The lowest BCUT2D eigenvalue weighted by molar-refractivity contribution is 0.629. The fourth-order valence-corrected chi connectivity index (χ4v) is 2.92. The van der Waals surface area contributed by atoms with Crippen molar-refractivity contribution in [1.29, 1.82) is 0 Å². The van der Waals surface area contributed by atoms with Crippen LogP contribution in [0.5, 0.6) is 0 Å². The van der Waals surface area contributed by atoms with Crippen molar-refractivity contribution in [2.24, 2.45) is 0 Å². The molecule has 3 rings (SSSR count). The zero-order valence-electron chi connectivity index (χ0n) is 11.6. The van der Waals surface area contributed by atoms with Crippen molar-refractivity contribution in [3.8, 4) is 11.3 Å². The number of anilines is 1. The minimum absolute atomic E-state index is 0.228. The summed E-state index contributed by atoms with van der Waals surface area (Å²) in [5, 5.41) is 0.691. The van der Waals surface area contributed by atoms with Gasteiger partial charge in [0.05, 0.1) is 5.69 Å². The van der Waals surface area contributed by atoms with E-state index in [9.17, 15) is 4.39 Å². The number of hydrogen-bond acceptors (Lipinski definition) is 4. The van der Waals surface area contributed by atoms with Crippen LogP contribution in [-0.2, 0) is 6.42 Å². The highest BCUT2D eigenvalue weighted by molar-refractivity contribution is 7.98. The van der Waals surface area contributed by atoms with E-state index in [1.165, 1.54) is 17.8 Å². The molecule has 2 aromatic rings. The predicted octanol–water partition coefficient (Wildman–Crippen LogP) is 3.39. The van der Waals surface area contributed by atoms with E-state index in [0.29, 0.717) is 10.7 Å². The lowest BCUT2D eigenvalue weighted by Crippen LogP contribution is -2.27. The average Bonchev–Trinajstić information content (AvgIpc) is 2.47. The van der Waals surface area contributed by atoms with Crippen LogP contribution in [0, 0.1) is 5.82 Å². The molecule has 104 valence electrons. The number of halogens is 1. The van der Waals surface area contributed by atoms with Gasteiger partial charge in [-0.15, -0.1) is 0 Å². The van der Waals surface area contributed by atoms with Crippen LogP contribution in [0.1, 0.15) is 12.0 Å². The van der Waals surface area contributed by atoms with E-state index in [-0.39, 0.29) is 5.82 Å². The summed E-state index contributed by atoms with van der Waals surface area (Å²) in [6.07, 6.45) is 3.89. The molecule has 0 radical (unpaired) electrons. The monoisotopic (exact) mass is 289 g/mol. The number of rotatable bonds is 2.